The number of anilines is 1. The molecule has 9 heteroatoms. The summed E-state index contributed by atoms with van der Waals surface area (Å²) in [7, 11) is 1.63. The maximum absolute atomic E-state index is 10.4. The van der Waals surface area contributed by atoms with Gasteiger partial charge in [-0.3, -0.25) is 4.90 Å². The molecule has 2 unspecified atom stereocenters. The van der Waals surface area contributed by atoms with Crippen LogP contribution in [0.25, 0.3) is 27.8 Å². The number of fused-ring (bicyclic) bond motifs is 3. The second-order valence-corrected chi connectivity index (χ2v) is 12.0. The molecule has 0 aliphatic carbocycles. The van der Waals surface area contributed by atoms with E-state index in [-0.39, 0.29) is 0 Å². The van der Waals surface area contributed by atoms with Gasteiger partial charge in [0.25, 0.3) is 0 Å². The number of hydrogen-bond donors (Lipinski definition) is 1. The standard InChI is InChI=1S/C34H33N7O2/c1-34(2,42)27-8-5-23(6-9-27)25-12-30(33-26(14-35)17-38-41(33)19-25)24-7-10-31(36-16-24)39-20-28-13-29(21-39)40(28)18-22-4-11-32(43-3)37-15-22/h4-12,15-17,19,28-29,42H,13,18,20-21H2,1-3H3. The third kappa shape index (κ3) is 4.99. The number of aromatic nitrogens is 4. The number of piperidine rings is 1. The molecule has 1 N–H and O–H groups in total. The predicted molar refractivity (Wildman–Crippen MR) is 165 cm³/mol. The molecule has 1 aromatic carbocycles. The first-order valence-electron chi connectivity index (χ1n) is 14.5. The van der Waals surface area contributed by atoms with Gasteiger partial charge in [-0.05, 0) is 55.2 Å². The van der Waals surface area contributed by atoms with Gasteiger partial charge in [0.15, 0.2) is 0 Å². The van der Waals surface area contributed by atoms with E-state index >= 15 is 0 Å². The van der Waals surface area contributed by atoms with Crippen molar-refractivity contribution in [1.82, 2.24) is 24.5 Å². The fourth-order valence-electron chi connectivity index (χ4n) is 6.35. The lowest BCUT2D eigenvalue weighted by molar-refractivity contribution is -0.00876. The number of nitrogens with zero attached hydrogens (tertiary/aromatic N) is 7. The van der Waals surface area contributed by atoms with Crippen molar-refractivity contribution < 1.29 is 9.84 Å². The number of nitriles is 1. The molecule has 9 nitrogen and oxygen atoms in total. The van der Waals surface area contributed by atoms with E-state index < -0.39 is 5.60 Å². The number of ether oxygens (including phenoxy) is 1. The van der Waals surface area contributed by atoms with Crippen molar-refractivity contribution in [3.05, 3.63) is 96.1 Å². The molecule has 3 aliphatic heterocycles. The molecule has 5 aromatic rings. The molecule has 2 bridgehead atoms. The SMILES string of the molecule is COc1ccc(CN2C3CC2CN(c2ccc(-c4cc(-c5ccc(C(C)(C)O)cc5)cn5ncc(C#N)c45)cn2)C3)cn1. The van der Waals surface area contributed by atoms with Crippen molar-refractivity contribution in [2.75, 3.05) is 25.1 Å². The molecule has 3 fully saturated rings. The molecule has 43 heavy (non-hydrogen) atoms. The molecular formula is C34H33N7O2. The van der Waals surface area contributed by atoms with Crippen LogP contribution in [0.5, 0.6) is 5.88 Å². The Labute approximate surface area is 250 Å². The van der Waals surface area contributed by atoms with E-state index in [2.05, 4.69) is 50.2 Å². The van der Waals surface area contributed by atoms with E-state index in [0.717, 1.165) is 58.8 Å². The first kappa shape index (κ1) is 27.1. The highest BCUT2D eigenvalue weighted by atomic mass is 16.5. The van der Waals surface area contributed by atoms with Crippen LogP contribution >= 0.6 is 0 Å². The van der Waals surface area contributed by atoms with E-state index in [0.29, 0.717) is 23.5 Å². The molecule has 8 rings (SSSR count). The zero-order valence-corrected chi connectivity index (χ0v) is 24.5. The Morgan fingerprint density at radius 1 is 0.953 bits per heavy atom. The summed E-state index contributed by atoms with van der Waals surface area (Å²) in [6.45, 7) is 6.33. The van der Waals surface area contributed by atoms with Gasteiger partial charge in [-0.15, -0.1) is 0 Å². The molecule has 7 heterocycles. The van der Waals surface area contributed by atoms with Crippen molar-refractivity contribution in [2.45, 2.75) is 44.5 Å². The van der Waals surface area contributed by atoms with Crippen molar-refractivity contribution in [3.8, 4) is 34.2 Å². The highest BCUT2D eigenvalue weighted by Gasteiger charge is 2.44. The molecule has 0 saturated carbocycles. The van der Waals surface area contributed by atoms with E-state index in [4.69, 9.17) is 9.72 Å². The summed E-state index contributed by atoms with van der Waals surface area (Å²) in [5.41, 5.74) is 6.20. The average Bonchev–Trinajstić information content (AvgIpc) is 3.46. The van der Waals surface area contributed by atoms with Crippen LogP contribution in [-0.2, 0) is 12.1 Å². The molecule has 2 atom stereocenters. The Balaban J connectivity index is 1.13. The Kier molecular flexibility index (Phi) is 6.61. The van der Waals surface area contributed by atoms with Crippen LogP contribution in [0.4, 0.5) is 5.82 Å². The lowest BCUT2D eigenvalue weighted by Gasteiger charge is -2.56. The van der Waals surface area contributed by atoms with Crippen LogP contribution in [0.15, 0.2) is 79.4 Å². The van der Waals surface area contributed by atoms with Crippen LogP contribution in [0.3, 0.4) is 0 Å². The highest BCUT2D eigenvalue weighted by Crippen LogP contribution is 2.37. The number of methoxy groups -OCH3 is 1. The number of hydrogen-bond acceptors (Lipinski definition) is 8. The van der Waals surface area contributed by atoms with Gasteiger partial charge in [-0.25, -0.2) is 14.5 Å². The second-order valence-electron chi connectivity index (χ2n) is 12.0. The van der Waals surface area contributed by atoms with Gasteiger partial charge in [-0.1, -0.05) is 30.3 Å². The molecular weight excluding hydrogens is 538 g/mol. The minimum atomic E-state index is -0.911. The molecule has 3 saturated heterocycles. The van der Waals surface area contributed by atoms with Gasteiger partial charge in [0, 0.05) is 73.1 Å². The average molecular weight is 572 g/mol. The minimum absolute atomic E-state index is 0.492. The Morgan fingerprint density at radius 3 is 2.35 bits per heavy atom. The van der Waals surface area contributed by atoms with Gasteiger partial charge in [0.2, 0.25) is 5.88 Å². The fraction of sp³-hybridized carbons (Fsp3) is 0.294. The normalized spacial score (nSPS) is 18.3. The van der Waals surface area contributed by atoms with Crippen molar-refractivity contribution in [1.29, 1.82) is 5.26 Å². The van der Waals surface area contributed by atoms with Gasteiger partial charge in [0.1, 0.15) is 11.9 Å². The Hall–Kier alpha value is -4.78. The van der Waals surface area contributed by atoms with Crippen LogP contribution < -0.4 is 9.64 Å². The maximum atomic E-state index is 10.4. The van der Waals surface area contributed by atoms with Crippen LogP contribution in [0.1, 0.15) is 37.0 Å². The molecule has 3 aliphatic rings. The highest BCUT2D eigenvalue weighted by molar-refractivity contribution is 5.87. The molecule has 0 radical (unpaired) electrons. The number of rotatable bonds is 7. The molecule has 0 amide bonds. The molecule has 0 spiro atoms. The smallest absolute Gasteiger partial charge is 0.212 e. The second kappa shape index (κ2) is 10.5. The van der Waals surface area contributed by atoms with Crippen molar-refractivity contribution >= 4 is 11.3 Å². The predicted octanol–water partition coefficient (Wildman–Crippen LogP) is 5.03. The first-order valence-corrected chi connectivity index (χ1v) is 14.5. The summed E-state index contributed by atoms with van der Waals surface area (Å²) >= 11 is 0. The summed E-state index contributed by atoms with van der Waals surface area (Å²) in [6.07, 6.45) is 8.56. The quantitative estimate of drug-likeness (QED) is 0.290. The molecule has 4 aromatic heterocycles. The lowest BCUT2D eigenvalue weighted by atomic mass is 9.87. The van der Waals surface area contributed by atoms with Gasteiger partial charge >= 0.3 is 0 Å². The molecule has 216 valence electrons. The summed E-state index contributed by atoms with van der Waals surface area (Å²) in [5.74, 6) is 1.60. The monoisotopic (exact) mass is 571 g/mol. The van der Waals surface area contributed by atoms with E-state index in [1.165, 1.54) is 12.0 Å². The number of benzene rings is 1. The maximum Gasteiger partial charge on any atom is 0.212 e. The minimum Gasteiger partial charge on any atom is -0.481 e. The van der Waals surface area contributed by atoms with Crippen molar-refractivity contribution in [2.24, 2.45) is 0 Å². The largest absolute Gasteiger partial charge is 0.481 e. The van der Waals surface area contributed by atoms with E-state index in [1.807, 2.05) is 48.9 Å². The van der Waals surface area contributed by atoms with Crippen LogP contribution in [0, 0.1) is 11.3 Å². The lowest BCUT2D eigenvalue weighted by Crippen LogP contribution is -2.68. The summed E-state index contributed by atoms with van der Waals surface area (Å²) in [6, 6.07) is 21.4. The number of piperazine rings is 1. The number of aliphatic hydroxyl groups is 1. The third-order valence-corrected chi connectivity index (χ3v) is 8.76. The van der Waals surface area contributed by atoms with Crippen LogP contribution in [-0.4, -0.2) is 61.9 Å². The van der Waals surface area contributed by atoms with E-state index in [9.17, 15) is 10.4 Å². The zero-order valence-electron chi connectivity index (χ0n) is 24.5. The topological polar surface area (TPSA) is 103 Å². The van der Waals surface area contributed by atoms with Gasteiger partial charge in [0.05, 0.1) is 30.0 Å². The third-order valence-electron chi connectivity index (χ3n) is 8.76. The summed E-state index contributed by atoms with van der Waals surface area (Å²) in [4.78, 5) is 14.2. The van der Waals surface area contributed by atoms with E-state index in [1.54, 1.807) is 31.7 Å². The fourth-order valence-corrected chi connectivity index (χ4v) is 6.35. The van der Waals surface area contributed by atoms with Gasteiger partial charge < -0.3 is 14.7 Å². The Bertz CT molecular complexity index is 1810. The summed E-state index contributed by atoms with van der Waals surface area (Å²) in [5, 5.41) is 24.7. The summed E-state index contributed by atoms with van der Waals surface area (Å²) < 4.78 is 6.96. The van der Waals surface area contributed by atoms with Crippen molar-refractivity contribution in [3.63, 3.8) is 0 Å². The zero-order chi connectivity index (χ0) is 29.7. The first-order chi connectivity index (χ1) is 20.8. The Morgan fingerprint density at radius 2 is 1.72 bits per heavy atom. The number of pyridine rings is 3. The van der Waals surface area contributed by atoms with Crippen LogP contribution in [0.2, 0.25) is 0 Å². The van der Waals surface area contributed by atoms with Gasteiger partial charge in [-0.2, -0.15) is 10.4 Å².